The van der Waals surface area contributed by atoms with E-state index in [0.717, 1.165) is 25.9 Å². The van der Waals surface area contributed by atoms with E-state index in [2.05, 4.69) is 0 Å². The van der Waals surface area contributed by atoms with Crippen molar-refractivity contribution in [3.8, 4) is 0 Å². The first-order valence-corrected chi connectivity index (χ1v) is 5.25. The molecule has 0 aromatic rings. The van der Waals surface area contributed by atoms with Crippen molar-refractivity contribution in [2.75, 3.05) is 13.1 Å². The fourth-order valence-corrected chi connectivity index (χ4v) is 1.41. The first-order chi connectivity index (χ1) is 6.61. The topological polar surface area (TPSA) is 49.8 Å². The Labute approximate surface area is 84.8 Å². The smallest absolute Gasteiger partial charge is 0.410 e. The Morgan fingerprint density at radius 2 is 1.86 bits per heavy atom. The predicted octanol–water partition coefficient (Wildman–Crippen LogP) is 1.38. The molecule has 0 aromatic heterocycles. The number of likely N-dealkylation sites (tertiary alicyclic amines) is 1. The van der Waals surface area contributed by atoms with Gasteiger partial charge in [0.05, 0.1) is 6.10 Å². The molecular weight excluding hydrogens is 182 g/mol. The zero-order valence-corrected chi connectivity index (χ0v) is 8.90. The predicted molar refractivity (Wildman–Crippen MR) is 53.0 cm³/mol. The van der Waals surface area contributed by atoms with E-state index in [-0.39, 0.29) is 6.09 Å². The van der Waals surface area contributed by atoms with Crippen molar-refractivity contribution in [3.05, 3.63) is 0 Å². The van der Waals surface area contributed by atoms with Gasteiger partial charge in [0.25, 0.3) is 0 Å². The van der Waals surface area contributed by atoms with Gasteiger partial charge in [0, 0.05) is 13.1 Å². The standard InChI is InChI=1S/C10H19NO3/c1-8(12)9(2)14-10(13)11-6-4-3-5-7-11/h8-9,12H,3-7H2,1-2H3/t8-,9-/m0/s1. The summed E-state index contributed by atoms with van der Waals surface area (Å²) < 4.78 is 5.09. The highest BCUT2D eigenvalue weighted by Crippen LogP contribution is 2.11. The largest absolute Gasteiger partial charge is 0.444 e. The molecule has 2 atom stereocenters. The van der Waals surface area contributed by atoms with Crippen molar-refractivity contribution in [2.45, 2.75) is 45.3 Å². The molecule has 1 rings (SSSR count). The first-order valence-electron chi connectivity index (χ1n) is 5.25. The molecular formula is C10H19NO3. The van der Waals surface area contributed by atoms with Gasteiger partial charge in [-0.15, -0.1) is 0 Å². The van der Waals surface area contributed by atoms with Gasteiger partial charge >= 0.3 is 6.09 Å². The average Bonchev–Trinajstić information content (AvgIpc) is 2.19. The average molecular weight is 201 g/mol. The second-order valence-corrected chi connectivity index (χ2v) is 3.88. The van der Waals surface area contributed by atoms with Crippen molar-refractivity contribution in [3.63, 3.8) is 0 Å². The quantitative estimate of drug-likeness (QED) is 0.734. The van der Waals surface area contributed by atoms with E-state index in [1.165, 1.54) is 6.42 Å². The minimum atomic E-state index is -0.608. The molecule has 4 heteroatoms. The summed E-state index contributed by atoms with van der Waals surface area (Å²) in [7, 11) is 0. The molecule has 14 heavy (non-hydrogen) atoms. The molecule has 0 aliphatic carbocycles. The maximum atomic E-state index is 11.5. The fraction of sp³-hybridized carbons (Fsp3) is 0.900. The highest BCUT2D eigenvalue weighted by atomic mass is 16.6. The number of piperidine rings is 1. The van der Waals surface area contributed by atoms with Crippen LogP contribution in [0.2, 0.25) is 0 Å². The molecule has 4 nitrogen and oxygen atoms in total. The number of amides is 1. The number of ether oxygens (including phenoxy) is 1. The van der Waals surface area contributed by atoms with Gasteiger partial charge in [-0.05, 0) is 33.1 Å². The van der Waals surface area contributed by atoms with E-state index in [0.29, 0.717) is 0 Å². The molecule has 1 saturated heterocycles. The van der Waals surface area contributed by atoms with Crippen LogP contribution < -0.4 is 0 Å². The van der Waals surface area contributed by atoms with Crippen LogP contribution in [-0.2, 0) is 4.74 Å². The van der Waals surface area contributed by atoms with Crippen molar-refractivity contribution in [1.82, 2.24) is 4.90 Å². The summed E-state index contributed by atoms with van der Waals surface area (Å²) in [5.41, 5.74) is 0. The van der Waals surface area contributed by atoms with Gasteiger partial charge in [-0.25, -0.2) is 4.79 Å². The Kier molecular flexibility index (Phi) is 4.20. The monoisotopic (exact) mass is 201 g/mol. The van der Waals surface area contributed by atoms with Crippen LogP contribution >= 0.6 is 0 Å². The van der Waals surface area contributed by atoms with Crippen LogP contribution in [0.15, 0.2) is 0 Å². The number of aliphatic hydroxyl groups excluding tert-OH is 1. The van der Waals surface area contributed by atoms with Crippen LogP contribution in [0.5, 0.6) is 0 Å². The molecule has 0 saturated carbocycles. The van der Waals surface area contributed by atoms with E-state index in [1.54, 1.807) is 18.7 Å². The van der Waals surface area contributed by atoms with Gasteiger partial charge in [0.1, 0.15) is 6.10 Å². The van der Waals surface area contributed by atoms with Gasteiger partial charge in [0.15, 0.2) is 0 Å². The molecule has 1 amide bonds. The first kappa shape index (κ1) is 11.3. The van der Waals surface area contributed by atoms with Crippen LogP contribution in [0.3, 0.4) is 0 Å². The van der Waals surface area contributed by atoms with Gasteiger partial charge in [-0.3, -0.25) is 0 Å². The summed E-state index contributed by atoms with van der Waals surface area (Å²) in [4.78, 5) is 13.2. The van der Waals surface area contributed by atoms with Gasteiger partial charge in [-0.1, -0.05) is 0 Å². The third-order valence-electron chi connectivity index (χ3n) is 2.58. The van der Waals surface area contributed by atoms with Gasteiger partial charge in [-0.2, -0.15) is 0 Å². The lowest BCUT2D eigenvalue weighted by Gasteiger charge is -2.27. The summed E-state index contributed by atoms with van der Waals surface area (Å²) in [6, 6.07) is 0. The normalized spacial score (nSPS) is 21.5. The summed E-state index contributed by atoms with van der Waals surface area (Å²) in [6.45, 7) is 4.89. The Balaban J connectivity index is 2.33. The summed E-state index contributed by atoms with van der Waals surface area (Å²) in [5.74, 6) is 0. The molecule has 1 aliphatic rings. The number of hydrogen-bond donors (Lipinski definition) is 1. The summed E-state index contributed by atoms with van der Waals surface area (Å²) in [6.07, 6.45) is 1.97. The molecule has 0 radical (unpaired) electrons. The molecule has 82 valence electrons. The van der Waals surface area contributed by atoms with E-state index in [9.17, 15) is 9.90 Å². The maximum absolute atomic E-state index is 11.5. The number of carbonyl (C=O) groups excluding carboxylic acids is 1. The second kappa shape index (κ2) is 5.20. The fourth-order valence-electron chi connectivity index (χ4n) is 1.41. The molecule has 1 N–H and O–H groups in total. The summed E-state index contributed by atoms with van der Waals surface area (Å²) >= 11 is 0. The molecule has 1 aliphatic heterocycles. The molecule has 1 fully saturated rings. The zero-order chi connectivity index (χ0) is 10.6. The third kappa shape index (κ3) is 3.18. The SMILES string of the molecule is C[C@H](O)[C@H](C)OC(=O)N1CCCCC1. The Morgan fingerprint density at radius 1 is 1.29 bits per heavy atom. The highest BCUT2D eigenvalue weighted by molar-refractivity contribution is 5.67. The lowest BCUT2D eigenvalue weighted by atomic mass is 10.1. The zero-order valence-electron chi connectivity index (χ0n) is 8.90. The Hall–Kier alpha value is -0.770. The maximum Gasteiger partial charge on any atom is 0.410 e. The molecule has 1 heterocycles. The lowest BCUT2D eigenvalue weighted by Crippen LogP contribution is -2.39. The van der Waals surface area contributed by atoms with Crippen LogP contribution in [-0.4, -0.2) is 41.4 Å². The highest BCUT2D eigenvalue weighted by Gasteiger charge is 2.21. The van der Waals surface area contributed by atoms with E-state index in [4.69, 9.17) is 4.74 Å². The number of rotatable bonds is 2. The molecule has 0 bridgehead atoms. The van der Waals surface area contributed by atoms with E-state index in [1.807, 2.05) is 0 Å². The number of nitrogens with zero attached hydrogens (tertiary/aromatic N) is 1. The summed E-state index contributed by atoms with van der Waals surface area (Å²) in [5, 5.41) is 9.17. The molecule has 0 spiro atoms. The van der Waals surface area contributed by atoms with Crippen molar-refractivity contribution >= 4 is 6.09 Å². The van der Waals surface area contributed by atoms with Gasteiger partial charge in [0.2, 0.25) is 0 Å². The van der Waals surface area contributed by atoms with Crippen LogP contribution in [0.4, 0.5) is 4.79 Å². The van der Waals surface area contributed by atoms with E-state index < -0.39 is 12.2 Å². The number of aliphatic hydroxyl groups is 1. The van der Waals surface area contributed by atoms with Crippen molar-refractivity contribution in [1.29, 1.82) is 0 Å². The Bertz CT molecular complexity index is 188. The minimum absolute atomic E-state index is 0.293. The van der Waals surface area contributed by atoms with Crippen molar-refractivity contribution in [2.24, 2.45) is 0 Å². The van der Waals surface area contributed by atoms with Crippen molar-refractivity contribution < 1.29 is 14.6 Å². The minimum Gasteiger partial charge on any atom is -0.444 e. The third-order valence-corrected chi connectivity index (χ3v) is 2.58. The number of carbonyl (C=O) groups is 1. The van der Waals surface area contributed by atoms with Gasteiger partial charge < -0.3 is 14.7 Å². The lowest BCUT2D eigenvalue weighted by molar-refractivity contribution is 0.00330. The number of hydrogen-bond acceptors (Lipinski definition) is 3. The molecule has 0 unspecified atom stereocenters. The molecule has 0 aromatic carbocycles. The van der Waals surface area contributed by atoms with Crippen LogP contribution in [0.1, 0.15) is 33.1 Å². The van der Waals surface area contributed by atoms with Crippen LogP contribution in [0, 0.1) is 0 Å². The van der Waals surface area contributed by atoms with Crippen LogP contribution in [0.25, 0.3) is 0 Å². The Morgan fingerprint density at radius 3 is 2.36 bits per heavy atom. The second-order valence-electron chi connectivity index (χ2n) is 3.88. The van der Waals surface area contributed by atoms with E-state index >= 15 is 0 Å².